The van der Waals surface area contributed by atoms with Gasteiger partial charge in [-0.1, -0.05) is 31.4 Å². The lowest BCUT2D eigenvalue weighted by Crippen LogP contribution is -2.44. The highest BCUT2D eigenvalue weighted by atomic mass is 19.4. The SMILES string of the molecule is O=C(Nc1cccc(CN2CCC(C(=O)NC3CCCCC3)CC2)c1)c1cncc(C(F)(F)F)c1. The number of amides is 2. The van der Waals surface area contributed by atoms with Gasteiger partial charge in [-0.15, -0.1) is 0 Å². The summed E-state index contributed by atoms with van der Waals surface area (Å²) in [6, 6.07) is 8.40. The Labute approximate surface area is 203 Å². The number of likely N-dealkylation sites (tertiary alicyclic amines) is 1. The maximum absolute atomic E-state index is 12.9. The normalized spacial score (nSPS) is 18.3. The van der Waals surface area contributed by atoms with Gasteiger partial charge in [0.25, 0.3) is 5.91 Å². The van der Waals surface area contributed by atoms with E-state index >= 15 is 0 Å². The third-order valence-corrected chi connectivity index (χ3v) is 6.83. The average molecular weight is 489 g/mol. The number of pyridine rings is 1. The molecule has 2 heterocycles. The molecule has 0 unspecified atom stereocenters. The summed E-state index contributed by atoms with van der Waals surface area (Å²) in [5.41, 5.74) is 0.371. The summed E-state index contributed by atoms with van der Waals surface area (Å²) in [5.74, 6) is -0.407. The quantitative estimate of drug-likeness (QED) is 0.599. The highest BCUT2D eigenvalue weighted by Crippen LogP contribution is 2.29. The van der Waals surface area contributed by atoms with Crippen molar-refractivity contribution in [1.29, 1.82) is 0 Å². The van der Waals surface area contributed by atoms with Crippen LogP contribution < -0.4 is 10.6 Å². The van der Waals surface area contributed by atoms with Gasteiger partial charge in [0.2, 0.25) is 5.91 Å². The van der Waals surface area contributed by atoms with Crippen LogP contribution in [-0.4, -0.2) is 40.8 Å². The molecule has 4 rings (SSSR count). The van der Waals surface area contributed by atoms with Gasteiger partial charge in [0, 0.05) is 36.6 Å². The van der Waals surface area contributed by atoms with Gasteiger partial charge in [-0.05, 0) is 62.5 Å². The number of carbonyl (C=O) groups excluding carboxylic acids is 2. The van der Waals surface area contributed by atoms with Crippen LogP contribution in [0.1, 0.15) is 66.4 Å². The first-order valence-corrected chi connectivity index (χ1v) is 12.2. The summed E-state index contributed by atoms with van der Waals surface area (Å²) >= 11 is 0. The molecule has 1 saturated carbocycles. The van der Waals surface area contributed by atoms with Gasteiger partial charge in [-0.3, -0.25) is 19.5 Å². The van der Waals surface area contributed by atoms with Crippen LogP contribution in [0.3, 0.4) is 0 Å². The first kappa shape index (κ1) is 25.2. The number of anilines is 1. The van der Waals surface area contributed by atoms with E-state index in [1.54, 1.807) is 12.1 Å². The van der Waals surface area contributed by atoms with Gasteiger partial charge < -0.3 is 10.6 Å². The van der Waals surface area contributed by atoms with Crippen molar-refractivity contribution < 1.29 is 22.8 Å². The van der Waals surface area contributed by atoms with Crippen molar-refractivity contribution in [2.75, 3.05) is 18.4 Å². The second-order valence-corrected chi connectivity index (χ2v) is 9.51. The molecular weight excluding hydrogens is 457 g/mol. The summed E-state index contributed by atoms with van der Waals surface area (Å²) in [4.78, 5) is 30.9. The van der Waals surface area contributed by atoms with Crippen molar-refractivity contribution >= 4 is 17.5 Å². The molecule has 1 saturated heterocycles. The van der Waals surface area contributed by atoms with Crippen LogP contribution in [0.25, 0.3) is 0 Å². The zero-order chi connectivity index (χ0) is 24.8. The van der Waals surface area contributed by atoms with Gasteiger partial charge >= 0.3 is 6.18 Å². The van der Waals surface area contributed by atoms with Crippen LogP contribution in [0.5, 0.6) is 0 Å². The lowest BCUT2D eigenvalue weighted by molar-refractivity contribution is -0.137. The van der Waals surface area contributed by atoms with Crippen LogP contribution in [0.15, 0.2) is 42.7 Å². The summed E-state index contributed by atoms with van der Waals surface area (Å²) < 4.78 is 38.7. The summed E-state index contributed by atoms with van der Waals surface area (Å²) in [6.45, 7) is 2.30. The van der Waals surface area contributed by atoms with E-state index < -0.39 is 17.6 Å². The molecule has 0 bridgehead atoms. The van der Waals surface area contributed by atoms with Crippen molar-refractivity contribution in [2.24, 2.45) is 5.92 Å². The van der Waals surface area contributed by atoms with E-state index in [0.29, 0.717) is 24.5 Å². The molecule has 2 fully saturated rings. The van der Waals surface area contributed by atoms with Gasteiger partial charge in [-0.25, -0.2) is 0 Å². The van der Waals surface area contributed by atoms with Crippen molar-refractivity contribution in [3.05, 3.63) is 59.4 Å². The average Bonchev–Trinajstić information content (AvgIpc) is 2.85. The summed E-state index contributed by atoms with van der Waals surface area (Å²) in [7, 11) is 0. The number of benzene rings is 1. The minimum Gasteiger partial charge on any atom is -0.353 e. The van der Waals surface area contributed by atoms with Crippen molar-refractivity contribution in [3.63, 3.8) is 0 Å². The molecule has 0 radical (unpaired) electrons. The molecule has 2 N–H and O–H groups in total. The molecule has 0 spiro atoms. The van der Waals surface area contributed by atoms with Gasteiger partial charge in [0.15, 0.2) is 0 Å². The minimum atomic E-state index is -4.56. The monoisotopic (exact) mass is 488 g/mol. The maximum atomic E-state index is 12.9. The number of halogens is 3. The lowest BCUT2D eigenvalue weighted by Gasteiger charge is -2.32. The van der Waals surface area contributed by atoms with E-state index in [1.165, 1.54) is 19.3 Å². The number of aromatic nitrogens is 1. The number of nitrogens with one attached hydrogen (secondary N) is 2. The Hall–Kier alpha value is -2.94. The number of hydrogen-bond donors (Lipinski definition) is 2. The number of hydrogen-bond acceptors (Lipinski definition) is 4. The zero-order valence-electron chi connectivity index (χ0n) is 19.6. The van der Waals surface area contributed by atoms with Crippen LogP contribution in [-0.2, 0) is 17.5 Å². The second kappa shape index (κ2) is 11.2. The number of alkyl halides is 3. The Morgan fingerprint density at radius 2 is 1.74 bits per heavy atom. The van der Waals surface area contributed by atoms with Crippen LogP contribution >= 0.6 is 0 Å². The largest absolute Gasteiger partial charge is 0.417 e. The van der Waals surface area contributed by atoms with E-state index in [4.69, 9.17) is 0 Å². The van der Waals surface area contributed by atoms with Crippen LogP contribution in [0.4, 0.5) is 18.9 Å². The molecule has 35 heavy (non-hydrogen) atoms. The Morgan fingerprint density at radius 3 is 2.46 bits per heavy atom. The molecule has 6 nitrogen and oxygen atoms in total. The predicted molar refractivity (Wildman–Crippen MR) is 127 cm³/mol. The fraction of sp³-hybridized carbons (Fsp3) is 0.500. The molecule has 1 aromatic heterocycles. The highest BCUT2D eigenvalue weighted by Gasteiger charge is 2.31. The molecular formula is C26H31F3N4O2. The first-order valence-electron chi connectivity index (χ1n) is 12.2. The molecule has 0 atom stereocenters. The van der Waals surface area contributed by atoms with Gasteiger partial charge in [0.05, 0.1) is 11.1 Å². The molecule has 9 heteroatoms. The minimum absolute atomic E-state index is 0.0554. The van der Waals surface area contributed by atoms with E-state index in [9.17, 15) is 22.8 Å². The zero-order valence-corrected chi connectivity index (χ0v) is 19.6. The smallest absolute Gasteiger partial charge is 0.353 e. The summed E-state index contributed by atoms with van der Waals surface area (Å²) in [6.07, 6.45) is 4.70. The Balaban J connectivity index is 1.28. The molecule has 2 aliphatic rings. The third kappa shape index (κ3) is 7.04. The molecule has 2 amide bonds. The topological polar surface area (TPSA) is 74.3 Å². The van der Waals surface area contributed by atoms with Crippen LogP contribution in [0, 0.1) is 5.92 Å². The Kier molecular flexibility index (Phi) is 8.05. The number of nitrogens with zero attached hydrogens (tertiary/aromatic N) is 2. The molecule has 2 aromatic rings. The fourth-order valence-corrected chi connectivity index (χ4v) is 4.85. The number of rotatable bonds is 6. The van der Waals surface area contributed by atoms with Crippen molar-refractivity contribution in [1.82, 2.24) is 15.2 Å². The summed E-state index contributed by atoms with van der Waals surface area (Å²) in [5, 5.41) is 5.90. The van der Waals surface area contributed by atoms with Crippen molar-refractivity contribution in [3.8, 4) is 0 Å². The lowest BCUT2D eigenvalue weighted by atomic mass is 9.92. The van der Waals surface area contributed by atoms with E-state index in [2.05, 4.69) is 20.5 Å². The number of piperidine rings is 1. The second-order valence-electron chi connectivity index (χ2n) is 9.51. The van der Waals surface area contributed by atoms with Gasteiger partial charge in [-0.2, -0.15) is 13.2 Å². The Bertz CT molecular complexity index is 1030. The maximum Gasteiger partial charge on any atom is 0.417 e. The van der Waals surface area contributed by atoms with E-state index in [0.717, 1.165) is 56.6 Å². The molecule has 1 aliphatic heterocycles. The molecule has 188 valence electrons. The van der Waals surface area contributed by atoms with E-state index in [-0.39, 0.29) is 17.4 Å². The van der Waals surface area contributed by atoms with Crippen molar-refractivity contribution in [2.45, 2.75) is 63.7 Å². The predicted octanol–water partition coefficient (Wildman–Crippen LogP) is 5.01. The molecule has 1 aromatic carbocycles. The van der Waals surface area contributed by atoms with E-state index in [1.807, 2.05) is 12.1 Å². The highest BCUT2D eigenvalue weighted by molar-refractivity contribution is 6.04. The third-order valence-electron chi connectivity index (χ3n) is 6.83. The molecule has 1 aliphatic carbocycles. The number of carbonyl (C=O) groups is 2. The fourth-order valence-electron chi connectivity index (χ4n) is 4.85. The Morgan fingerprint density at radius 1 is 1.00 bits per heavy atom. The standard InChI is InChI=1S/C26H31F3N4O2/c27-26(28,29)21-14-20(15-30-16-21)25(35)32-23-8-4-5-18(13-23)17-33-11-9-19(10-12-33)24(34)31-22-6-2-1-3-7-22/h4-5,8,13-16,19,22H,1-3,6-7,9-12,17H2,(H,31,34)(H,32,35). The van der Waals surface area contributed by atoms with Gasteiger partial charge in [0.1, 0.15) is 0 Å². The van der Waals surface area contributed by atoms with Crippen LogP contribution in [0.2, 0.25) is 0 Å². The first-order chi connectivity index (χ1) is 16.8.